The first kappa shape index (κ1) is 16.3. The van der Waals surface area contributed by atoms with Crippen molar-refractivity contribution in [3.8, 4) is 0 Å². The number of aromatic nitrogens is 1. The molecule has 2 nitrogen and oxygen atoms in total. The van der Waals surface area contributed by atoms with Gasteiger partial charge >= 0.3 is 6.18 Å². The lowest BCUT2D eigenvalue weighted by Crippen LogP contribution is -2.23. The summed E-state index contributed by atoms with van der Waals surface area (Å²) < 4.78 is 40.9. The molecule has 24 heavy (non-hydrogen) atoms. The number of fused-ring (bicyclic) bond motifs is 1. The molecule has 0 bridgehead atoms. The Morgan fingerprint density at radius 3 is 2.46 bits per heavy atom. The summed E-state index contributed by atoms with van der Waals surface area (Å²) in [6.45, 7) is 1.83. The molecule has 5 heteroatoms. The number of aromatic amines is 1. The highest BCUT2D eigenvalue weighted by Crippen LogP contribution is 2.41. The van der Waals surface area contributed by atoms with Crippen molar-refractivity contribution in [2.24, 2.45) is 0 Å². The van der Waals surface area contributed by atoms with Crippen molar-refractivity contribution < 1.29 is 18.0 Å². The lowest BCUT2D eigenvalue weighted by molar-refractivity contribution is -0.149. The number of carbonyl (C=O) groups excluding carboxylic acids is 1. The van der Waals surface area contributed by atoms with Crippen LogP contribution in [0.25, 0.3) is 10.9 Å². The number of hydrogen-bond acceptors (Lipinski definition) is 1. The van der Waals surface area contributed by atoms with E-state index in [1.807, 2.05) is 13.0 Å². The molecular formula is C19H16F3NO. The largest absolute Gasteiger partial charge is 0.396 e. The molecule has 0 amide bonds. The highest BCUT2D eigenvalue weighted by Gasteiger charge is 2.43. The Morgan fingerprint density at radius 1 is 1.08 bits per heavy atom. The van der Waals surface area contributed by atoms with Crippen LogP contribution in [-0.4, -0.2) is 16.9 Å². The van der Waals surface area contributed by atoms with E-state index in [4.69, 9.17) is 0 Å². The Kier molecular flexibility index (Phi) is 4.18. The second kappa shape index (κ2) is 6.15. The average Bonchev–Trinajstić information content (AvgIpc) is 2.97. The van der Waals surface area contributed by atoms with Gasteiger partial charge in [-0.3, -0.25) is 4.79 Å². The van der Waals surface area contributed by atoms with Gasteiger partial charge in [0.2, 0.25) is 0 Å². The summed E-state index contributed by atoms with van der Waals surface area (Å²) in [4.78, 5) is 15.2. The second-order valence-electron chi connectivity index (χ2n) is 5.83. The van der Waals surface area contributed by atoms with Crippen LogP contribution in [0.3, 0.4) is 0 Å². The van der Waals surface area contributed by atoms with Gasteiger partial charge in [-0.05, 0) is 18.1 Å². The van der Waals surface area contributed by atoms with Crippen molar-refractivity contribution >= 4 is 16.7 Å². The molecule has 0 saturated heterocycles. The van der Waals surface area contributed by atoms with E-state index < -0.39 is 24.3 Å². The highest BCUT2D eigenvalue weighted by molar-refractivity contribution is 5.97. The third-order valence-electron chi connectivity index (χ3n) is 4.21. The van der Waals surface area contributed by atoms with Crippen LogP contribution in [0.2, 0.25) is 0 Å². The van der Waals surface area contributed by atoms with E-state index in [1.165, 1.54) is 18.3 Å². The number of aryl methyl sites for hydroxylation is 1. The second-order valence-corrected chi connectivity index (χ2v) is 5.83. The van der Waals surface area contributed by atoms with Crippen molar-refractivity contribution in [1.82, 2.24) is 4.98 Å². The van der Waals surface area contributed by atoms with E-state index in [0.717, 1.165) is 5.56 Å². The van der Waals surface area contributed by atoms with Gasteiger partial charge in [-0.25, -0.2) is 0 Å². The summed E-state index contributed by atoms with van der Waals surface area (Å²) >= 11 is 0. The lowest BCUT2D eigenvalue weighted by Gasteiger charge is -2.19. The monoisotopic (exact) mass is 331 g/mol. The predicted molar refractivity (Wildman–Crippen MR) is 87.2 cm³/mol. The minimum Gasteiger partial charge on any atom is -0.361 e. The van der Waals surface area contributed by atoms with E-state index in [0.29, 0.717) is 16.5 Å². The maximum atomic E-state index is 13.6. The number of ketones is 1. The first-order chi connectivity index (χ1) is 11.4. The predicted octanol–water partition coefficient (Wildman–Crippen LogP) is 5.40. The van der Waals surface area contributed by atoms with E-state index in [2.05, 4.69) is 4.98 Å². The standard InChI is InChI=1S/C19H16F3NO/c1-12-6-5-9-14-15(11-23-18(12)14)16(19(20,21)22)10-17(24)13-7-3-2-4-8-13/h2-9,11,16,23H,10H2,1H3/t16-/m1/s1. The van der Waals surface area contributed by atoms with Crippen LogP contribution < -0.4 is 0 Å². The summed E-state index contributed by atoms with van der Waals surface area (Å²) in [7, 11) is 0. The van der Waals surface area contributed by atoms with Crippen molar-refractivity contribution in [2.45, 2.75) is 25.4 Å². The zero-order valence-electron chi connectivity index (χ0n) is 13.0. The van der Waals surface area contributed by atoms with E-state index in [-0.39, 0.29) is 5.56 Å². The maximum Gasteiger partial charge on any atom is 0.396 e. The Balaban J connectivity index is 2.01. The average molecular weight is 331 g/mol. The van der Waals surface area contributed by atoms with E-state index in [1.54, 1.807) is 30.3 Å². The Labute approximate surface area is 137 Å². The number of para-hydroxylation sites is 1. The molecule has 0 saturated carbocycles. The van der Waals surface area contributed by atoms with Crippen molar-refractivity contribution in [2.75, 3.05) is 0 Å². The van der Waals surface area contributed by atoms with Crippen LogP contribution in [-0.2, 0) is 0 Å². The normalized spacial score (nSPS) is 13.2. The number of carbonyl (C=O) groups is 1. The van der Waals surface area contributed by atoms with Gasteiger partial charge in [0.15, 0.2) is 5.78 Å². The van der Waals surface area contributed by atoms with Crippen LogP contribution in [0.1, 0.15) is 33.8 Å². The Bertz CT molecular complexity index is 865. The summed E-state index contributed by atoms with van der Waals surface area (Å²) in [5, 5.41) is 0.512. The number of alkyl halides is 3. The lowest BCUT2D eigenvalue weighted by atomic mass is 9.90. The van der Waals surface area contributed by atoms with Gasteiger partial charge in [0.1, 0.15) is 0 Å². The molecule has 1 N–H and O–H groups in total. The molecule has 0 radical (unpaired) electrons. The van der Waals surface area contributed by atoms with Crippen molar-refractivity contribution in [3.63, 3.8) is 0 Å². The van der Waals surface area contributed by atoms with Crippen LogP contribution in [0.5, 0.6) is 0 Å². The molecule has 3 aromatic rings. The zero-order valence-corrected chi connectivity index (χ0v) is 13.0. The fourth-order valence-corrected chi connectivity index (χ4v) is 2.95. The molecule has 124 valence electrons. The molecule has 0 spiro atoms. The van der Waals surface area contributed by atoms with Crippen LogP contribution in [0, 0.1) is 6.92 Å². The number of H-pyrrole nitrogens is 1. The van der Waals surface area contributed by atoms with E-state index >= 15 is 0 Å². The maximum absolute atomic E-state index is 13.6. The zero-order chi connectivity index (χ0) is 17.3. The number of nitrogens with one attached hydrogen (secondary N) is 1. The molecule has 2 aromatic carbocycles. The van der Waals surface area contributed by atoms with Crippen LogP contribution in [0.4, 0.5) is 13.2 Å². The Hall–Kier alpha value is -2.56. The third kappa shape index (κ3) is 3.07. The van der Waals surface area contributed by atoms with Gasteiger partial charge in [-0.2, -0.15) is 13.2 Å². The number of rotatable bonds is 4. The molecule has 0 unspecified atom stereocenters. The van der Waals surface area contributed by atoms with Gasteiger partial charge in [-0.1, -0.05) is 48.5 Å². The third-order valence-corrected chi connectivity index (χ3v) is 4.21. The molecule has 0 aliphatic carbocycles. The highest BCUT2D eigenvalue weighted by atomic mass is 19.4. The minimum absolute atomic E-state index is 0.116. The number of hydrogen-bond donors (Lipinski definition) is 1. The smallest absolute Gasteiger partial charge is 0.361 e. The number of halogens is 3. The van der Waals surface area contributed by atoms with Gasteiger partial charge < -0.3 is 4.98 Å². The van der Waals surface area contributed by atoms with Crippen LogP contribution >= 0.6 is 0 Å². The SMILES string of the molecule is Cc1cccc2c([C@@H](CC(=O)c3ccccc3)C(F)(F)F)c[nH]c12. The molecule has 3 rings (SSSR count). The van der Waals surface area contributed by atoms with Crippen LogP contribution in [0.15, 0.2) is 54.7 Å². The first-order valence-electron chi connectivity index (χ1n) is 7.59. The quantitative estimate of drug-likeness (QED) is 0.638. The van der Waals surface area contributed by atoms with Crippen molar-refractivity contribution in [3.05, 3.63) is 71.4 Å². The number of Topliss-reactive ketones (excluding diaryl/α,β-unsaturated/α-hetero) is 1. The molecule has 0 aliphatic heterocycles. The Morgan fingerprint density at radius 2 is 1.79 bits per heavy atom. The summed E-state index contributed by atoms with van der Waals surface area (Å²) in [6.07, 6.45) is -3.73. The van der Waals surface area contributed by atoms with Gasteiger partial charge in [0, 0.05) is 29.1 Å². The molecule has 0 aliphatic rings. The van der Waals surface area contributed by atoms with E-state index in [9.17, 15) is 18.0 Å². The fraction of sp³-hybridized carbons (Fsp3) is 0.211. The molecule has 1 atom stereocenters. The van der Waals surface area contributed by atoms with Gasteiger partial charge in [0.25, 0.3) is 0 Å². The summed E-state index contributed by atoms with van der Waals surface area (Å²) in [5.74, 6) is -2.35. The molecule has 1 aromatic heterocycles. The summed E-state index contributed by atoms with van der Waals surface area (Å²) in [5.41, 5.74) is 1.95. The summed E-state index contributed by atoms with van der Waals surface area (Å²) in [6, 6.07) is 13.3. The topological polar surface area (TPSA) is 32.9 Å². The minimum atomic E-state index is -4.50. The fourth-order valence-electron chi connectivity index (χ4n) is 2.95. The number of benzene rings is 2. The van der Waals surface area contributed by atoms with Gasteiger partial charge in [-0.15, -0.1) is 0 Å². The van der Waals surface area contributed by atoms with Crippen molar-refractivity contribution in [1.29, 1.82) is 0 Å². The molecular weight excluding hydrogens is 315 g/mol. The van der Waals surface area contributed by atoms with Gasteiger partial charge in [0.05, 0.1) is 5.92 Å². The molecule has 0 fully saturated rings. The first-order valence-corrected chi connectivity index (χ1v) is 7.59. The molecule has 1 heterocycles.